The summed E-state index contributed by atoms with van der Waals surface area (Å²) in [5, 5.41) is 3.01. The van der Waals surface area contributed by atoms with Crippen molar-refractivity contribution in [2.45, 2.75) is 19.5 Å². The molecule has 19 heavy (non-hydrogen) atoms. The highest BCUT2D eigenvalue weighted by atomic mass is 16.5. The van der Waals surface area contributed by atoms with Gasteiger partial charge in [-0.2, -0.15) is 0 Å². The predicted molar refractivity (Wildman–Crippen MR) is 74.8 cm³/mol. The first kappa shape index (κ1) is 15.0. The molecule has 0 aliphatic rings. The van der Waals surface area contributed by atoms with Gasteiger partial charge in [0.2, 0.25) is 5.91 Å². The third-order valence-corrected chi connectivity index (χ3v) is 2.48. The number of rotatable bonds is 6. The Morgan fingerprint density at radius 2 is 2.00 bits per heavy atom. The molecule has 0 aliphatic heterocycles. The number of ether oxygens (including phenoxy) is 1. The summed E-state index contributed by atoms with van der Waals surface area (Å²) in [5.41, 5.74) is 12.3. The molecule has 0 fully saturated rings. The van der Waals surface area contributed by atoms with Crippen LogP contribution in [-0.2, 0) is 11.3 Å². The van der Waals surface area contributed by atoms with Gasteiger partial charge < -0.3 is 21.5 Å². The number of primary amides is 1. The van der Waals surface area contributed by atoms with Crippen LogP contribution in [0.2, 0.25) is 0 Å². The summed E-state index contributed by atoms with van der Waals surface area (Å²) in [7, 11) is 1.63. The molecular formula is C13H20N4O2. The van der Waals surface area contributed by atoms with E-state index in [1.165, 1.54) is 0 Å². The molecule has 1 rings (SSSR count). The highest BCUT2D eigenvalue weighted by Gasteiger charge is 2.02. The van der Waals surface area contributed by atoms with E-state index in [0.717, 1.165) is 5.56 Å². The second-order valence-electron chi connectivity index (χ2n) is 4.26. The van der Waals surface area contributed by atoms with Gasteiger partial charge in [0.1, 0.15) is 0 Å². The molecule has 0 spiro atoms. The fourth-order valence-electron chi connectivity index (χ4n) is 1.54. The lowest BCUT2D eigenvalue weighted by atomic mass is 10.1. The summed E-state index contributed by atoms with van der Waals surface area (Å²) in [5.74, 6) is -0.0758. The van der Waals surface area contributed by atoms with Crippen LogP contribution in [0.4, 0.5) is 0 Å². The van der Waals surface area contributed by atoms with Crippen LogP contribution in [0.25, 0.3) is 0 Å². The molecule has 0 aliphatic carbocycles. The van der Waals surface area contributed by atoms with Gasteiger partial charge in [-0.15, -0.1) is 0 Å². The van der Waals surface area contributed by atoms with Crippen LogP contribution in [-0.4, -0.2) is 31.6 Å². The number of hydrogen-bond donors (Lipinski definition) is 3. The lowest BCUT2D eigenvalue weighted by Gasteiger charge is -2.13. The zero-order valence-corrected chi connectivity index (χ0v) is 11.2. The molecule has 104 valence electrons. The van der Waals surface area contributed by atoms with Crippen molar-refractivity contribution in [2.24, 2.45) is 16.5 Å². The Labute approximate surface area is 112 Å². The van der Waals surface area contributed by atoms with Crippen molar-refractivity contribution in [3.63, 3.8) is 0 Å². The van der Waals surface area contributed by atoms with Crippen molar-refractivity contribution in [1.29, 1.82) is 0 Å². The Balaban J connectivity index is 2.52. The molecular weight excluding hydrogens is 244 g/mol. The first-order valence-electron chi connectivity index (χ1n) is 5.97. The average Bonchev–Trinajstić information content (AvgIpc) is 2.37. The number of carbonyl (C=O) groups is 1. The number of aliphatic imine (C=N–C) groups is 1. The lowest BCUT2D eigenvalue weighted by Crippen LogP contribution is -2.40. The van der Waals surface area contributed by atoms with Crippen LogP contribution < -0.4 is 16.8 Å². The predicted octanol–water partition coefficient (Wildman–Crippen LogP) is 0.225. The molecule has 0 heterocycles. The largest absolute Gasteiger partial charge is 0.383 e. The van der Waals surface area contributed by atoms with Crippen LogP contribution in [0.1, 0.15) is 22.8 Å². The third kappa shape index (κ3) is 5.39. The zero-order valence-electron chi connectivity index (χ0n) is 11.2. The first-order chi connectivity index (χ1) is 9.02. The maximum Gasteiger partial charge on any atom is 0.248 e. The summed E-state index contributed by atoms with van der Waals surface area (Å²) in [6.07, 6.45) is 0. The van der Waals surface area contributed by atoms with Gasteiger partial charge in [-0.25, -0.2) is 4.99 Å². The van der Waals surface area contributed by atoms with Crippen LogP contribution in [0.3, 0.4) is 0 Å². The Morgan fingerprint density at radius 1 is 1.37 bits per heavy atom. The number of hydrogen-bond acceptors (Lipinski definition) is 3. The van der Waals surface area contributed by atoms with E-state index in [9.17, 15) is 4.79 Å². The van der Waals surface area contributed by atoms with Gasteiger partial charge in [-0.3, -0.25) is 4.79 Å². The minimum absolute atomic E-state index is 0.103. The van der Waals surface area contributed by atoms with Crippen LogP contribution in [0.15, 0.2) is 29.3 Å². The number of benzene rings is 1. The van der Waals surface area contributed by atoms with E-state index in [4.69, 9.17) is 16.2 Å². The smallest absolute Gasteiger partial charge is 0.248 e. The molecule has 1 amide bonds. The molecule has 0 bridgehead atoms. The van der Waals surface area contributed by atoms with E-state index in [2.05, 4.69) is 10.3 Å². The van der Waals surface area contributed by atoms with Gasteiger partial charge in [0, 0.05) is 18.7 Å². The number of nitrogens with zero attached hydrogens (tertiary/aromatic N) is 1. The summed E-state index contributed by atoms with van der Waals surface area (Å²) >= 11 is 0. The molecule has 5 N–H and O–H groups in total. The summed E-state index contributed by atoms with van der Waals surface area (Å²) in [6, 6.07) is 7.05. The van der Waals surface area contributed by atoms with Crippen LogP contribution >= 0.6 is 0 Å². The Morgan fingerprint density at radius 3 is 2.53 bits per heavy atom. The molecule has 0 saturated heterocycles. The van der Waals surface area contributed by atoms with E-state index in [-0.39, 0.29) is 6.04 Å². The molecule has 1 aromatic carbocycles. The van der Waals surface area contributed by atoms with Crippen molar-refractivity contribution in [2.75, 3.05) is 13.7 Å². The summed E-state index contributed by atoms with van der Waals surface area (Å²) in [6.45, 7) is 2.95. The van der Waals surface area contributed by atoms with Gasteiger partial charge in [0.15, 0.2) is 5.96 Å². The SMILES string of the molecule is COCC(C)NC(N)=NCc1ccc(C(N)=O)cc1. The van der Waals surface area contributed by atoms with Crippen LogP contribution in [0.5, 0.6) is 0 Å². The molecule has 0 saturated carbocycles. The second-order valence-corrected chi connectivity index (χ2v) is 4.26. The van der Waals surface area contributed by atoms with Crippen molar-refractivity contribution in [3.8, 4) is 0 Å². The van der Waals surface area contributed by atoms with E-state index in [1.54, 1.807) is 31.4 Å². The molecule has 1 atom stereocenters. The van der Waals surface area contributed by atoms with Crippen molar-refractivity contribution >= 4 is 11.9 Å². The maximum atomic E-state index is 10.9. The van der Waals surface area contributed by atoms with E-state index in [1.807, 2.05) is 6.92 Å². The molecule has 0 radical (unpaired) electrons. The van der Waals surface area contributed by atoms with Crippen molar-refractivity contribution < 1.29 is 9.53 Å². The minimum atomic E-state index is -0.440. The average molecular weight is 264 g/mol. The summed E-state index contributed by atoms with van der Waals surface area (Å²) in [4.78, 5) is 15.1. The van der Waals surface area contributed by atoms with Gasteiger partial charge >= 0.3 is 0 Å². The van der Waals surface area contributed by atoms with Gasteiger partial charge in [0.25, 0.3) is 0 Å². The maximum absolute atomic E-state index is 10.9. The van der Waals surface area contributed by atoms with E-state index in [0.29, 0.717) is 24.7 Å². The monoisotopic (exact) mass is 264 g/mol. The normalized spacial score (nSPS) is 13.1. The molecule has 6 nitrogen and oxygen atoms in total. The van der Waals surface area contributed by atoms with Crippen molar-refractivity contribution in [1.82, 2.24) is 5.32 Å². The minimum Gasteiger partial charge on any atom is -0.383 e. The quantitative estimate of drug-likeness (QED) is 0.505. The molecule has 6 heteroatoms. The number of nitrogens with one attached hydrogen (secondary N) is 1. The second kappa shape index (κ2) is 7.38. The number of methoxy groups -OCH3 is 1. The Hall–Kier alpha value is -2.08. The first-order valence-corrected chi connectivity index (χ1v) is 5.97. The fraction of sp³-hybridized carbons (Fsp3) is 0.385. The highest BCUT2D eigenvalue weighted by molar-refractivity contribution is 5.92. The van der Waals surface area contributed by atoms with E-state index < -0.39 is 5.91 Å². The summed E-state index contributed by atoms with van der Waals surface area (Å²) < 4.78 is 4.99. The number of carbonyl (C=O) groups excluding carboxylic acids is 1. The highest BCUT2D eigenvalue weighted by Crippen LogP contribution is 2.05. The Kier molecular flexibility index (Phi) is 5.81. The molecule has 0 aromatic heterocycles. The topological polar surface area (TPSA) is 103 Å². The number of nitrogens with two attached hydrogens (primary N) is 2. The van der Waals surface area contributed by atoms with E-state index >= 15 is 0 Å². The van der Waals surface area contributed by atoms with Gasteiger partial charge in [0.05, 0.1) is 13.2 Å². The molecule has 1 aromatic rings. The zero-order chi connectivity index (χ0) is 14.3. The van der Waals surface area contributed by atoms with Crippen molar-refractivity contribution in [3.05, 3.63) is 35.4 Å². The number of guanidine groups is 1. The Bertz CT molecular complexity index is 442. The third-order valence-electron chi connectivity index (χ3n) is 2.48. The van der Waals surface area contributed by atoms with Gasteiger partial charge in [-0.05, 0) is 24.6 Å². The number of amides is 1. The fourth-order valence-corrected chi connectivity index (χ4v) is 1.54. The van der Waals surface area contributed by atoms with Crippen LogP contribution in [0, 0.1) is 0 Å². The van der Waals surface area contributed by atoms with Gasteiger partial charge in [-0.1, -0.05) is 12.1 Å². The standard InChI is InChI=1S/C13H20N4O2/c1-9(8-19-2)17-13(15)16-7-10-3-5-11(6-4-10)12(14)18/h3-6,9H,7-8H2,1-2H3,(H2,14,18)(H3,15,16,17). The molecule has 1 unspecified atom stereocenters. The lowest BCUT2D eigenvalue weighted by molar-refractivity contribution is 0.100.